The largest absolute Gasteiger partial charge is 0.288 e. The monoisotopic (exact) mass is 399 g/mol. The molecule has 0 unspecified atom stereocenters. The van der Waals surface area contributed by atoms with E-state index in [0.29, 0.717) is 5.56 Å². The van der Waals surface area contributed by atoms with Crippen molar-refractivity contribution in [3.63, 3.8) is 0 Å². The number of nitrogens with zero attached hydrogens (tertiary/aromatic N) is 2. The Kier molecular flexibility index (Phi) is 5.52. The number of benzene rings is 2. The van der Waals surface area contributed by atoms with Crippen LogP contribution < -0.4 is 5.43 Å². The van der Waals surface area contributed by atoms with Crippen molar-refractivity contribution in [2.45, 2.75) is 38.5 Å². The molecule has 1 amide bonds. The van der Waals surface area contributed by atoms with Crippen molar-refractivity contribution in [1.82, 2.24) is 5.43 Å². The molecule has 1 fully saturated rings. The molecule has 0 heterocycles. The predicted molar refractivity (Wildman–Crippen MR) is 110 cm³/mol. The Balaban J connectivity index is 1.57. The van der Waals surface area contributed by atoms with Crippen LogP contribution in [0.15, 0.2) is 47.6 Å². The Bertz CT molecular complexity index is 933. The fourth-order valence-electron chi connectivity index (χ4n) is 3.09. The fourth-order valence-corrected chi connectivity index (χ4v) is 3.27. The molecule has 0 bridgehead atoms. The molecule has 146 valence electrons. The summed E-state index contributed by atoms with van der Waals surface area (Å²) in [5.41, 5.74) is 5.33. The SMILES string of the molecule is CC(C)(C)c1ccc([C@H]2C[C@@H]2C(=O)NN=Cc2ccc(Cl)c([N+](=O)[O-])c2)cc1. The van der Waals surface area contributed by atoms with Gasteiger partial charge in [0.2, 0.25) is 5.91 Å². The molecule has 2 aromatic carbocycles. The number of rotatable bonds is 5. The predicted octanol–water partition coefficient (Wildman–Crippen LogP) is 4.80. The second-order valence-corrected chi connectivity index (χ2v) is 8.43. The molecule has 1 aliphatic carbocycles. The lowest BCUT2D eigenvalue weighted by Gasteiger charge is -2.19. The van der Waals surface area contributed by atoms with Crippen molar-refractivity contribution in [2.24, 2.45) is 11.0 Å². The van der Waals surface area contributed by atoms with Crippen LogP contribution >= 0.6 is 11.6 Å². The summed E-state index contributed by atoms with van der Waals surface area (Å²) in [6.45, 7) is 6.51. The topological polar surface area (TPSA) is 84.6 Å². The summed E-state index contributed by atoms with van der Waals surface area (Å²) in [5, 5.41) is 14.9. The molecule has 2 aromatic rings. The number of hydrazone groups is 1. The summed E-state index contributed by atoms with van der Waals surface area (Å²) >= 11 is 5.78. The number of amides is 1. The molecule has 0 aliphatic heterocycles. The number of carbonyl (C=O) groups excluding carboxylic acids is 1. The molecule has 28 heavy (non-hydrogen) atoms. The number of hydrogen-bond donors (Lipinski definition) is 1. The second-order valence-electron chi connectivity index (χ2n) is 8.02. The zero-order valence-electron chi connectivity index (χ0n) is 16.0. The summed E-state index contributed by atoms with van der Waals surface area (Å²) in [4.78, 5) is 22.6. The van der Waals surface area contributed by atoms with E-state index in [1.54, 1.807) is 6.07 Å². The maximum absolute atomic E-state index is 12.3. The first-order chi connectivity index (χ1) is 13.2. The van der Waals surface area contributed by atoms with Crippen LogP contribution in [0.3, 0.4) is 0 Å². The van der Waals surface area contributed by atoms with Crippen LogP contribution in [0.4, 0.5) is 5.69 Å². The van der Waals surface area contributed by atoms with Gasteiger partial charge in [-0.25, -0.2) is 5.43 Å². The van der Waals surface area contributed by atoms with Crippen LogP contribution in [0.5, 0.6) is 0 Å². The summed E-state index contributed by atoms with van der Waals surface area (Å²) in [5.74, 6) is -0.0392. The van der Waals surface area contributed by atoms with E-state index in [2.05, 4.69) is 55.6 Å². The molecule has 3 rings (SSSR count). The van der Waals surface area contributed by atoms with E-state index in [1.807, 2.05) is 0 Å². The minimum absolute atomic E-state index is 0.0597. The Hall–Kier alpha value is -2.73. The van der Waals surface area contributed by atoms with E-state index in [9.17, 15) is 14.9 Å². The van der Waals surface area contributed by atoms with Gasteiger partial charge in [0.15, 0.2) is 0 Å². The minimum Gasteiger partial charge on any atom is -0.273 e. The number of hydrogen-bond acceptors (Lipinski definition) is 4. The molecular weight excluding hydrogens is 378 g/mol. The maximum atomic E-state index is 12.3. The summed E-state index contributed by atoms with van der Waals surface area (Å²) in [6.07, 6.45) is 2.17. The average molecular weight is 400 g/mol. The highest BCUT2D eigenvalue weighted by atomic mass is 35.5. The van der Waals surface area contributed by atoms with Gasteiger partial charge >= 0.3 is 0 Å². The third-order valence-electron chi connectivity index (χ3n) is 4.89. The van der Waals surface area contributed by atoms with Gasteiger partial charge in [-0.1, -0.05) is 62.7 Å². The van der Waals surface area contributed by atoms with Crippen LogP contribution in [-0.4, -0.2) is 17.0 Å². The van der Waals surface area contributed by atoms with Crippen LogP contribution in [0.2, 0.25) is 5.02 Å². The number of halogens is 1. The van der Waals surface area contributed by atoms with Gasteiger partial charge in [-0.05, 0) is 34.9 Å². The molecule has 7 heteroatoms. The van der Waals surface area contributed by atoms with Gasteiger partial charge in [0.1, 0.15) is 5.02 Å². The molecule has 0 saturated heterocycles. The first-order valence-corrected chi connectivity index (χ1v) is 9.42. The normalized spacial score (nSPS) is 18.9. The molecule has 0 spiro atoms. The molecule has 1 aliphatic rings. The average Bonchev–Trinajstić information content (AvgIpc) is 3.43. The van der Waals surface area contributed by atoms with Crippen molar-refractivity contribution in [3.8, 4) is 0 Å². The van der Waals surface area contributed by atoms with E-state index in [0.717, 1.165) is 12.0 Å². The molecule has 6 nitrogen and oxygen atoms in total. The van der Waals surface area contributed by atoms with Gasteiger partial charge in [0.05, 0.1) is 11.1 Å². The van der Waals surface area contributed by atoms with Crippen molar-refractivity contribution >= 4 is 29.4 Å². The lowest BCUT2D eigenvalue weighted by atomic mass is 9.86. The Morgan fingerprint density at radius 2 is 1.93 bits per heavy atom. The molecule has 1 N–H and O–H groups in total. The first-order valence-electron chi connectivity index (χ1n) is 9.04. The molecule has 0 aromatic heterocycles. The zero-order valence-corrected chi connectivity index (χ0v) is 16.7. The summed E-state index contributed by atoms with van der Waals surface area (Å²) < 4.78 is 0. The molecule has 1 saturated carbocycles. The van der Waals surface area contributed by atoms with Crippen LogP contribution in [0.1, 0.15) is 49.8 Å². The third-order valence-corrected chi connectivity index (χ3v) is 5.21. The minimum atomic E-state index is -0.558. The number of carbonyl (C=O) groups is 1. The highest BCUT2D eigenvalue weighted by molar-refractivity contribution is 6.32. The van der Waals surface area contributed by atoms with Crippen molar-refractivity contribution < 1.29 is 9.72 Å². The molecular formula is C21H22ClN3O3. The van der Waals surface area contributed by atoms with Gasteiger partial charge in [-0.3, -0.25) is 14.9 Å². The number of nitro benzene ring substituents is 1. The smallest absolute Gasteiger partial charge is 0.273 e. The Labute approximate surface area is 168 Å². The van der Waals surface area contributed by atoms with E-state index in [-0.39, 0.29) is 33.9 Å². The van der Waals surface area contributed by atoms with Crippen molar-refractivity contribution in [1.29, 1.82) is 0 Å². The first kappa shape index (κ1) is 20.0. The Morgan fingerprint density at radius 1 is 1.25 bits per heavy atom. The third kappa shape index (κ3) is 4.57. The van der Waals surface area contributed by atoms with Crippen molar-refractivity contribution in [2.75, 3.05) is 0 Å². The standard InChI is InChI=1S/C21H22ClN3O3/c1-21(2,3)15-7-5-14(6-8-15)16-11-17(16)20(26)24-23-12-13-4-9-18(22)19(10-13)25(27)28/h4-10,12,16-17H,11H2,1-3H3,(H,24,26)/t16-,17+/m1/s1. The molecule has 0 radical (unpaired) electrons. The van der Waals surface area contributed by atoms with Crippen LogP contribution in [0, 0.1) is 16.0 Å². The van der Waals surface area contributed by atoms with Crippen molar-refractivity contribution in [3.05, 3.63) is 74.3 Å². The second kappa shape index (κ2) is 7.72. The summed E-state index contributed by atoms with van der Waals surface area (Å²) in [6, 6.07) is 12.8. The highest BCUT2D eigenvalue weighted by Gasteiger charge is 2.44. The Morgan fingerprint density at radius 3 is 2.54 bits per heavy atom. The van der Waals surface area contributed by atoms with Gasteiger partial charge in [0, 0.05) is 17.5 Å². The van der Waals surface area contributed by atoms with Gasteiger partial charge in [-0.2, -0.15) is 5.10 Å². The summed E-state index contributed by atoms with van der Waals surface area (Å²) in [7, 11) is 0. The lowest BCUT2D eigenvalue weighted by Crippen LogP contribution is -2.20. The number of nitrogens with one attached hydrogen (secondary N) is 1. The van der Waals surface area contributed by atoms with Gasteiger partial charge in [-0.15, -0.1) is 0 Å². The van der Waals surface area contributed by atoms with Gasteiger partial charge in [0.25, 0.3) is 5.69 Å². The van der Waals surface area contributed by atoms with Gasteiger partial charge < -0.3 is 0 Å². The zero-order chi connectivity index (χ0) is 20.5. The quantitative estimate of drug-likeness (QED) is 0.445. The maximum Gasteiger partial charge on any atom is 0.288 e. The number of nitro groups is 1. The van der Waals surface area contributed by atoms with Crippen LogP contribution in [0.25, 0.3) is 0 Å². The van der Waals surface area contributed by atoms with Crippen LogP contribution in [-0.2, 0) is 10.2 Å². The van der Waals surface area contributed by atoms with E-state index in [4.69, 9.17) is 11.6 Å². The lowest BCUT2D eigenvalue weighted by molar-refractivity contribution is -0.384. The van der Waals surface area contributed by atoms with E-state index < -0.39 is 4.92 Å². The fraction of sp³-hybridized carbons (Fsp3) is 0.333. The highest BCUT2D eigenvalue weighted by Crippen LogP contribution is 2.47. The van der Waals surface area contributed by atoms with E-state index >= 15 is 0 Å². The molecule has 2 atom stereocenters. The van der Waals surface area contributed by atoms with E-state index in [1.165, 1.54) is 23.9 Å².